The van der Waals surface area contributed by atoms with Gasteiger partial charge in [-0.15, -0.1) is 11.3 Å². The van der Waals surface area contributed by atoms with Crippen molar-refractivity contribution in [3.8, 4) is 0 Å². The van der Waals surface area contributed by atoms with E-state index in [0.717, 1.165) is 13.8 Å². The van der Waals surface area contributed by atoms with Gasteiger partial charge in [-0.1, -0.05) is 23.4 Å². The Balaban J connectivity index is 2.18. The van der Waals surface area contributed by atoms with E-state index in [9.17, 15) is 0 Å². The van der Waals surface area contributed by atoms with Crippen LogP contribution in [0.5, 0.6) is 0 Å². The third-order valence-electron chi connectivity index (χ3n) is 2.10. The van der Waals surface area contributed by atoms with Crippen molar-refractivity contribution in [1.82, 2.24) is 4.98 Å². The van der Waals surface area contributed by atoms with Crippen LogP contribution in [0.1, 0.15) is 10.1 Å². The second-order valence-corrected chi connectivity index (χ2v) is 7.07. The van der Waals surface area contributed by atoms with Crippen molar-refractivity contribution in [2.24, 2.45) is 5.73 Å². The Hall–Kier alpha value is -0.0700. The highest BCUT2D eigenvalue weighted by atomic mass is 79.9. The molecule has 0 amide bonds. The first-order valence-corrected chi connectivity index (χ1v) is 7.80. The van der Waals surface area contributed by atoms with Crippen LogP contribution >= 0.6 is 50.6 Å². The highest BCUT2D eigenvalue weighted by Crippen LogP contribution is 2.40. The van der Waals surface area contributed by atoms with Gasteiger partial charge in [0.1, 0.15) is 5.03 Å². The molecule has 17 heavy (non-hydrogen) atoms. The highest BCUT2D eigenvalue weighted by molar-refractivity contribution is 9.10. The third kappa shape index (κ3) is 3.45. The molecule has 2 aromatic rings. The zero-order valence-corrected chi connectivity index (χ0v) is 12.7. The van der Waals surface area contributed by atoms with E-state index < -0.39 is 0 Å². The Bertz CT molecular complexity index is 504. The Morgan fingerprint density at radius 1 is 1.47 bits per heavy atom. The van der Waals surface area contributed by atoms with E-state index in [1.54, 1.807) is 29.3 Å². The Morgan fingerprint density at radius 3 is 2.88 bits per heavy atom. The monoisotopic (exact) mass is 348 g/mol. The number of hydrogen-bond donors (Lipinski definition) is 1. The maximum absolute atomic E-state index is 5.94. The molecule has 2 N–H and O–H groups in total. The first-order valence-electron chi connectivity index (χ1n) is 4.93. The molecule has 2 rings (SSSR count). The summed E-state index contributed by atoms with van der Waals surface area (Å²) in [6.45, 7) is 0.560. The second kappa shape index (κ2) is 6.20. The van der Waals surface area contributed by atoms with Crippen molar-refractivity contribution >= 4 is 50.6 Å². The zero-order valence-electron chi connectivity index (χ0n) is 8.77. The van der Waals surface area contributed by atoms with Crippen LogP contribution < -0.4 is 5.73 Å². The predicted octanol–water partition coefficient (Wildman–Crippen LogP) is 4.35. The topological polar surface area (TPSA) is 38.9 Å². The molecule has 0 saturated carbocycles. The molecule has 0 aliphatic carbocycles. The normalized spacial score (nSPS) is 12.6. The molecule has 2 aromatic heterocycles. The van der Waals surface area contributed by atoms with Crippen molar-refractivity contribution in [2.45, 2.75) is 10.3 Å². The molecular weight excluding hydrogens is 340 g/mol. The summed E-state index contributed by atoms with van der Waals surface area (Å²) in [4.78, 5) is 5.51. The summed E-state index contributed by atoms with van der Waals surface area (Å²) in [5, 5.41) is 1.14. The van der Waals surface area contributed by atoms with Crippen LogP contribution in [0.2, 0.25) is 4.34 Å². The van der Waals surface area contributed by atoms with Crippen LogP contribution in [0.25, 0.3) is 0 Å². The molecule has 0 aliphatic rings. The molecule has 1 unspecified atom stereocenters. The fourth-order valence-electron chi connectivity index (χ4n) is 1.32. The van der Waals surface area contributed by atoms with Crippen molar-refractivity contribution < 1.29 is 0 Å². The summed E-state index contributed by atoms with van der Waals surface area (Å²) < 4.78 is 1.78. The number of nitrogens with two attached hydrogens (primary N) is 1. The molecule has 2 heterocycles. The van der Waals surface area contributed by atoms with E-state index in [2.05, 4.69) is 20.9 Å². The number of aromatic nitrogens is 1. The molecule has 2 nitrogen and oxygen atoms in total. The number of thioether (sulfide) groups is 1. The van der Waals surface area contributed by atoms with Gasteiger partial charge < -0.3 is 5.73 Å². The maximum Gasteiger partial charge on any atom is 0.111 e. The van der Waals surface area contributed by atoms with E-state index >= 15 is 0 Å². The summed E-state index contributed by atoms with van der Waals surface area (Å²) in [6.07, 6.45) is 1.78. The molecule has 0 aromatic carbocycles. The van der Waals surface area contributed by atoms with Crippen LogP contribution in [-0.2, 0) is 0 Å². The average molecular weight is 350 g/mol. The second-order valence-electron chi connectivity index (χ2n) is 3.27. The molecule has 90 valence electrons. The van der Waals surface area contributed by atoms with E-state index in [0.29, 0.717) is 6.54 Å². The van der Waals surface area contributed by atoms with Crippen LogP contribution in [0.4, 0.5) is 0 Å². The average Bonchev–Trinajstić information content (AvgIpc) is 2.75. The standard InChI is InChI=1S/C11H10BrClN2S2/c12-7-2-1-5-15-11(7)17-9(6-14)8-3-4-10(13)16-8/h1-5,9H,6,14H2. The SMILES string of the molecule is NCC(Sc1ncccc1Br)c1ccc(Cl)s1. The summed E-state index contributed by atoms with van der Waals surface area (Å²) >= 11 is 12.6. The van der Waals surface area contributed by atoms with E-state index in [4.69, 9.17) is 17.3 Å². The lowest BCUT2D eigenvalue weighted by Crippen LogP contribution is -2.08. The van der Waals surface area contributed by atoms with Crippen molar-refractivity contribution in [1.29, 1.82) is 0 Å². The lowest BCUT2D eigenvalue weighted by Gasteiger charge is -2.12. The summed E-state index contributed by atoms with van der Waals surface area (Å²) in [5.74, 6) is 0. The molecule has 0 spiro atoms. The number of thiophene rings is 1. The van der Waals surface area contributed by atoms with Crippen molar-refractivity contribution in [3.63, 3.8) is 0 Å². The van der Waals surface area contributed by atoms with E-state index in [-0.39, 0.29) is 5.25 Å². The number of rotatable bonds is 4. The molecular formula is C11H10BrClN2S2. The number of nitrogens with zero attached hydrogens (tertiary/aromatic N) is 1. The Kier molecular flexibility index (Phi) is 4.87. The predicted molar refractivity (Wildman–Crippen MR) is 78.9 cm³/mol. The zero-order chi connectivity index (χ0) is 12.3. The smallest absolute Gasteiger partial charge is 0.111 e. The van der Waals surface area contributed by atoms with Crippen LogP contribution in [0.3, 0.4) is 0 Å². The van der Waals surface area contributed by atoms with Crippen LogP contribution in [0.15, 0.2) is 40.0 Å². The molecule has 6 heteroatoms. The van der Waals surface area contributed by atoms with Gasteiger partial charge in [-0.05, 0) is 40.2 Å². The van der Waals surface area contributed by atoms with Gasteiger partial charge in [0, 0.05) is 22.1 Å². The van der Waals surface area contributed by atoms with Gasteiger partial charge in [-0.3, -0.25) is 0 Å². The largest absolute Gasteiger partial charge is 0.329 e. The minimum absolute atomic E-state index is 0.193. The van der Waals surface area contributed by atoms with Crippen molar-refractivity contribution in [2.75, 3.05) is 6.54 Å². The van der Waals surface area contributed by atoms with Gasteiger partial charge in [0.25, 0.3) is 0 Å². The minimum Gasteiger partial charge on any atom is -0.329 e. The lowest BCUT2D eigenvalue weighted by molar-refractivity contribution is 0.951. The molecule has 0 saturated heterocycles. The first-order chi connectivity index (χ1) is 8.20. The Morgan fingerprint density at radius 2 is 2.29 bits per heavy atom. The molecule has 0 bridgehead atoms. The summed E-state index contributed by atoms with van der Waals surface area (Å²) in [7, 11) is 0. The first kappa shape index (κ1) is 13.4. The molecule has 0 fully saturated rings. The number of halogens is 2. The van der Waals surface area contributed by atoms with Gasteiger partial charge in [0.2, 0.25) is 0 Å². The summed E-state index contributed by atoms with van der Waals surface area (Å²) in [6, 6.07) is 7.80. The van der Waals surface area contributed by atoms with Gasteiger partial charge in [-0.25, -0.2) is 4.98 Å². The summed E-state index contributed by atoms with van der Waals surface area (Å²) in [5.41, 5.74) is 5.81. The third-order valence-corrected chi connectivity index (χ3v) is 5.78. The van der Waals surface area contributed by atoms with Gasteiger partial charge >= 0.3 is 0 Å². The Labute approximate surface area is 122 Å². The number of pyridine rings is 1. The minimum atomic E-state index is 0.193. The van der Waals surface area contributed by atoms with Crippen LogP contribution in [0, 0.1) is 0 Å². The van der Waals surface area contributed by atoms with E-state index in [1.807, 2.05) is 24.3 Å². The fourth-order valence-corrected chi connectivity index (χ4v) is 4.06. The number of hydrogen-bond acceptors (Lipinski definition) is 4. The van der Waals surface area contributed by atoms with Gasteiger partial charge in [-0.2, -0.15) is 0 Å². The quantitative estimate of drug-likeness (QED) is 0.834. The lowest BCUT2D eigenvalue weighted by atomic mass is 10.3. The fraction of sp³-hybridized carbons (Fsp3) is 0.182. The van der Waals surface area contributed by atoms with Gasteiger partial charge in [0.15, 0.2) is 0 Å². The van der Waals surface area contributed by atoms with Crippen LogP contribution in [-0.4, -0.2) is 11.5 Å². The molecule has 0 radical (unpaired) electrons. The molecule has 1 atom stereocenters. The maximum atomic E-state index is 5.94. The van der Waals surface area contributed by atoms with Gasteiger partial charge in [0.05, 0.1) is 9.59 Å². The molecule has 0 aliphatic heterocycles. The van der Waals surface area contributed by atoms with Crippen molar-refractivity contribution in [3.05, 3.63) is 44.1 Å². The van der Waals surface area contributed by atoms with E-state index in [1.165, 1.54) is 4.88 Å². The highest BCUT2D eigenvalue weighted by Gasteiger charge is 2.15.